The van der Waals surface area contributed by atoms with Crippen molar-refractivity contribution in [2.45, 2.75) is 25.1 Å². The molecular formula is C12H16Si. The predicted octanol–water partition coefficient (Wildman–Crippen LogP) is 3.62. The molecule has 0 fully saturated rings. The second-order valence-corrected chi connectivity index (χ2v) is 9.09. The molecule has 0 bridgehead atoms. The molecule has 0 atom stereocenters. The van der Waals surface area contributed by atoms with E-state index in [0.717, 1.165) is 5.54 Å². The van der Waals surface area contributed by atoms with Crippen LogP contribution < -0.4 is 0 Å². The Morgan fingerprint density at radius 3 is 2.38 bits per heavy atom. The molecule has 0 saturated carbocycles. The summed E-state index contributed by atoms with van der Waals surface area (Å²) in [6, 6.07) is 0. The molecule has 0 spiro atoms. The fourth-order valence-electron chi connectivity index (χ4n) is 2.05. The van der Waals surface area contributed by atoms with Gasteiger partial charge in [-0.25, -0.2) is 0 Å². The summed E-state index contributed by atoms with van der Waals surface area (Å²) in [6.07, 6.45) is 17.1. The van der Waals surface area contributed by atoms with Crippen molar-refractivity contribution in [1.29, 1.82) is 0 Å². The van der Waals surface area contributed by atoms with E-state index >= 15 is 0 Å². The van der Waals surface area contributed by atoms with Crippen LogP contribution in [-0.4, -0.2) is 8.07 Å². The van der Waals surface area contributed by atoms with Gasteiger partial charge in [0.1, 0.15) is 0 Å². The largest absolute Gasteiger partial charge is 0.0865 e. The Hall–Kier alpha value is -0.823. The topological polar surface area (TPSA) is 0 Å². The first-order valence-corrected chi connectivity index (χ1v) is 8.00. The minimum Gasteiger partial charge on any atom is -0.0809 e. The molecule has 0 unspecified atom stereocenters. The number of allylic oxidation sites excluding steroid dienone is 8. The molecule has 2 rings (SSSR count). The number of hydrogen-bond donors (Lipinski definition) is 0. The highest BCUT2D eigenvalue weighted by molar-refractivity contribution is 6.86. The van der Waals surface area contributed by atoms with Gasteiger partial charge in [-0.2, -0.15) is 0 Å². The average molecular weight is 188 g/mol. The summed E-state index contributed by atoms with van der Waals surface area (Å²) in [4.78, 5) is 0. The Morgan fingerprint density at radius 1 is 1.15 bits per heavy atom. The van der Waals surface area contributed by atoms with Crippen LogP contribution in [-0.2, 0) is 0 Å². The molecule has 0 N–H and O–H groups in total. The Labute approximate surface area is 81.4 Å². The minimum absolute atomic E-state index is 0.721. The maximum absolute atomic E-state index is 2.47. The average Bonchev–Trinajstić information content (AvgIpc) is 2.78. The maximum atomic E-state index is 2.47. The van der Waals surface area contributed by atoms with E-state index in [1.807, 2.05) is 0 Å². The zero-order chi connectivity index (χ0) is 9.31. The van der Waals surface area contributed by atoms with Gasteiger partial charge in [-0.3, -0.25) is 0 Å². The molecule has 0 aromatic heterocycles. The van der Waals surface area contributed by atoms with Crippen molar-refractivity contribution in [3.8, 4) is 0 Å². The summed E-state index contributed by atoms with van der Waals surface area (Å²) in [5.41, 5.74) is 0.721. The Bertz CT molecular complexity index is 304. The normalized spacial score (nSPS) is 21.5. The monoisotopic (exact) mass is 188 g/mol. The SMILES string of the molecule is C[Si](C)(C1=CC=CC1)C1C=CC=C1. The van der Waals surface area contributed by atoms with Crippen molar-refractivity contribution < 1.29 is 0 Å². The molecule has 1 heteroatoms. The summed E-state index contributed by atoms with van der Waals surface area (Å²) >= 11 is 0. The fraction of sp³-hybridized carbons (Fsp3) is 0.333. The van der Waals surface area contributed by atoms with E-state index in [9.17, 15) is 0 Å². The van der Waals surface area contributed by atoms with Crippen molar-refractivity contribution in [3.63, 3.8) is 0 Å². The standard InChI is InChI=1S/C12H16Si/c1-13(2,11-7-3-4-8-11)12-9-5-6-10-12/h3-9,11H,10H2,1-2H3. The summed E-state index contributed by atoms with van der Waals surface area (Å²) < 4.78 is 0. The Balaban J connectivity index is 2.20. The van der Waals surface area contributed by atoms with E-state index in [1.165, 1.54) is 6.42 Å². The zero-order valence-corrected chi connectivity index (χ0v) is 9.33. The number of rotatable bonds is 2. The Morgan fingerprint density at radius 2 is 1.85 bits per heavy atom. The van der Waals surface area contributed by atoms with Crippen LogP contribution in [0.1, 0.15) is 6.42 Å². The maximum Gasteiger partial charge on any atom is 0.0865 e. The van der Waals surface area contributed by atoms with Gasteiger partial charge in [0.15, 0.2) is 0 Å². The van der Waals surface area contributed by atoms with Crippen LogP contribution in [0, 0.1) is 0 Å². The quantitative estimate of drug-likeness (QED) is 0.581. The third-order valence-corrected chi connectivity index (χ3v) is 7.26. The van der Waals surface area contributed by atoms with Gasteiger partial charge in [0.25, 0.3) is 0 Å². The molecule has 2 aliphatic carbocycles. The highest BCUT2D eigenvalue weighted by atomic mass is 28.3. The lowest BCUT2D eigenvalue weighted by atomic mass is 10.4. The van der Waals surface area contributed by atoms with Crippen LogP contribution in [0.25, 0.3) is 0 Å². The van der Waals surface area contributed by atoms with Crippen LogP contribution in [0.5, 0.6) is 0 Å². The first kappa shape index (κ1) is 8.76. The lowest BCUT2D eigenvalue weighted by molar-refractivity contribution is 1.24. The summed E-state index contributed by atoms with van der Waals surface area (Å²) in [5, 5.41) is 1.69. The molecule has 0 aromatic carbocycles. The van der Waals surface area contributed by atoms with Gasteiger partial charge in [-0.1, -0.05) is 60.8 Å². The molecule has 0 heterocycles. The molecular weight excluding hydrogens is 172 g/mol. The summed E-state index contributed by atoms with van der Waals surface area (Å²) in [5.74, 6) is 0. The van der Waals surface area contributed by atoms with Gasteiger partial charge in [0.2, 0.25) is 0 Å². The molecule has 0 radical (unpaired) electrons. The third kappa shape index (κ3) is 1.48. The molecule has 0 amide bonds. The van der Waals surface area contributed by atoms with Gasteiger partial charge in [-0.05, 0) is 12.0 Å². The van der Waals surface area contributed by atoms with Crippen molar-refractivity contribution in [2.75, 3.05) is 0 Å². The fourth-order valence-corrected chi connectivity index (χ4v) is 4.83. The van der Waals surface area contributed by atoms with Crippen LogP contribution in [0.3, 0.4) is 0 Å². The lowest BCUT2D eigenvalue weighted by Gasteiger charge is -2.28. The third-order valence-electron chi connectivity index (χ3n) is 3.18. The van der Waals surface area contributed by atoms with Crippen molar-refractivity contribution in [2.24, 2.45) is 0 Å². The van der Waals surface area contributed by atoms with Gasteiger partial charge >= 0.3 is 0 Å². The molecule has 68 valence electrons. The van der Waals surface area contributed by atoms with Crippen LogP contribution in [0.2, 0.25) is 18.6 Å². The zero-order valence-electron chi connectivity index (χ0n) is 8.33. The molecule has 13 heavy (non-hydrogen) atoms. The van der Waals surface area contributed by atoms with E-state index in [0.29, 0.717) is 0 Å². The minimum atomic E-state index is -1.21. The first-order chi connectivity index (χ1) is 6.21. The van der Waals surface area contributed by atoms with Crippen molar-refractivity contribution in [1.82, 2.24) is 0 Å². The first-order valence-electron chi connectivity index (χ1n) is 4.92. The van der Waals surface area contributed by atoms with Crippen LogP contribution >= 0.6 is 0 Å². The highest BCUT2D eigenvalue weighted by Gasteiger charge is 2.32. The molecule has 2 aliphatic rings. The molecule has 0 nitrogen and oxygen atoms in total. The lowest BCUT2D eigenvalue weighted by Crippen LogP contribution is -2.32. The van der Waals surface area contributed by atoms with E-state index in [2.05, 4.69) is 55.6 Å². The smallest absolute Gasteiger partial charge is 0.0809 e. The van der Waals surface area contributed by atoms with E-state index in [4.69, 9.17) is 0 Å². The molecule has 0 aliphatic heterocycles. The van der Waals surface area contributed by atoms with Gasteiger partial charge < -0.3 is 0 Å². The molecule has 0 saturated heterocycles. The van der Waals surface area contributed by atoms with E-state index in [1.54, 1.807) is 5.20 Å². The van der Waals surface area contributed by atoms with Crippen LogP contribution in [0.15, 0.2) is 47.7 Å². The van der Waals surface area contributed by atoms with Crippen molar-refractivity contribution in [3.05, 3.63) is 47.7 Å². The van der Waals surface area contributed by atoms with E-state index in [-0.39, 0.29) is 0 Å². The highest BCUT2D eigenvalue weighted by Crippen LogP contribution is 2.36. The summed E-state index contributed by atoms with van der Waals surface area (Å²) in [7, 11) is -1.21. The van der Waals surface area contributed by atoms with Crippen LogP contribution in [0.4, 0.5) is 0 Å². The Kier molecular flexibility index (Phi) is 2.12. The second kappa shape index (κ2) is 3.15. The van der Waals surface area contributed by atoms with Gasteiger partial charge in [0.05, 0.1) is 8.07 Å². The second-order valence-electron chi connectivity index (χ2n) is 4.34. The van der Waals surface area contributed by atoms with Gasteiger partial charge in [-0.15, -0.1) is 0 Å². The summed E-state index contributed by atoms with van der Waals surface area (Å²) in [6.45, 7) is 4.94. The number of hydrogen-bond acceptors (Lipinski definition) is 0. The predicted molar refractivity (Wildman–Crippen MR) is 61.4 cm³/mol. The molecule has 0 aromatic rings. The van der Waals surface area contributed by atoms with Gasteiger partial charge in [0, 0.05) is 0 Å². The van der Waals surface area contributed by atoms with Crippen molar-refractivity contribution >= 4 is 8.07 Å². The van der Waals surface area contributed by atoms with E-state index < -0.39 is 8.07 Å².